The summed E-state index contributed by atoms with van der Waals surface area (Å²) in [6.45, 7) is 6.89. The zero-order chi connectivity index (χ0) is 18.8. The zero-order valence-electron chi connectivity index (χ0n) is 14.8. The van der Waals surface area contributed by atoms with Crippen LogP contribution in [0.1, 0.15) is 48.4 Å². The Morgan fingerprint density at radius 2 is 2.00 bits per heavy atom. The fraction of sp³-hybridized carbons (Fsp3) is 0.389. The molecule has 2 N–H and O–H groups in total. The van der Waals surface area contributed by atoms with Gasteiger partial charge in [0, 0.05) is 11.3 Å². The van der Waals surface area contributed by atoms with Gasteiger partial charge in [-0.1, -0.05) is 13.3 Å². The molecule has 25 heavy (non-hydrogen) atoms. The number of hydrogen-bond acceptors (Lipinski definition) is 3. The number of amides is 1. The second kappa shape index (κ2) is 7.04. The van der Waals surface area contributed by atoms with Gasteiger partial charge in [0.1, 0.15) is 17.0 Å². The lowest BCUT2D eigenvalue weighted by molar-refractivity contribution is -0.144. The molecule has 134 valence electrons. The lowest BCUT2D eigenvalue weighted by atomic mass is 9.95. The summed E-state index contributed by atoms with van der Waals surface area (Å²) in [6, 6.07) is 5.83. The molecule has 0 fully saturated rings. The van der Waals surface area contributed by atoms with Crippen LogP contribution in [0.25, 0.3) is 5.69 Å². The molecule has 1 atom stereocenters. The molecule has 1 heterocycles. The van der Waals surface area contributed by atoms with Crippen molar-refractivity contribution in [1.29, 1.82) is 0 Å². The van der Waals surface area contributed by atoms with Gasteiger partial charge in [-0.15, -0.1) is 0 Å². The number of aryl methyl sites for hydroxylation is 2. The summed E-state index contributed by atoms with van der Waals surface area (Å²) in [6.07, 6.45) is 0.870. The molecule has 0 saturated carbocycles. The first-order valence-electron chi connectivity index (χ1n) is 8.07. The SMILES string of the molecule is CCCC(C)(NC(=O)c1ccc(-n2nc(C)cc2C)c(F)c1)C(=O)O. The number of carboxylic acid groups (broad SMARTS) is 1. The van der Waals surface area contributed by atoms with Gasteiger partial charge in [-0.25, -0.2) is 13.9 Å². The normalized spacial score (nSPS) is 13.3. The molecule has 0 aliphatic heterocycles. The van der Waals surface area contributed by atoms with Crippen molar-refractivity contribution < 1.29 is 19.1 Å². The van der Waals surface area contributed by atoms with Gasteiger partial charge in [0.15, 0.2) is 0 Å². The predicted molar refractivity (Wildman–Crippen MR) is 91.4 cm³/mol. The minimum atomic E-state index is -1.39. The molecule has 1 amide bonds. The van der Waals surface area contributed by atoms with Crippen LogP contribution >= 0.6 is 0 Å². The average Bonchev–Trinajstić information content (AvgIpc) is 2.85. The molecule has 0 bridgehead atoms. The smallest absolute Gasteiger partial charge is 0.329 e. The van der Waals surface area contributed by atoms with Crippen molar-refractivity contribution in [3.63, 3.8) is 0 Å². The molecule has 1 unspecified atom stereocenters. The monoisotopic (exact) mass is 347 g/mol. The molecule has 2 aromatic rings. The van der Waals surface area contributed by atoms with Crippen molar-refractivity contribution in [2.45, 2.75) is 46.1 Å². The fourth-order valence-electron chi connectivity index (χ4n) is 2.74. The first-order valence-corrected chi connectivity index (χ1v) is 8.07. The Balaban J connectivity index is 2.29. The van der Waals surface area contributed by atoms with Crippen molar-refractivity contribution >= 4 is 11.9 Å². The van der Waals surface area contributed by atoms with E-state index >= 15 is 0 Å². The van der Waals surface area contributed by atoms with E-state index < -0.39 is 23.2 Å². The van der Waals surface area contributed by atoms with Crippen LogP contribution in [0.2, 0.25) is 0 Å². The summed E-state index contributed by atoms with van der Waals surface area (Å²) in [4.78, 5) is 23.8. The summed E-state index contributed by atoms with van der Waals surface area (Å²) in [5, 5.41) is 16.0. The molecule has 1 aromatic heterocycles. The van der Waals surface area contributed by atoms with Gasteiger partial charge in [-0.05, 0) is 51.5 Å². The highest BCUT2D eigenvalue weighted by molar-refractivity contribution is 5.97. The number of benzene rings is 1. The number of carbonyl (C=O) groups is 2. The topological polar surface area (TPSA) is 84.2 Å². The quantitative estimate of drug-likeness (QED) is 0.841. The molecule has 0 aliphatic rings. The average molecular weight is 347 g/mol. The van der Waals surface area contributed by atoms with Crippen molar-refractivity contribution in [2.75, 3.05) is 0 Å². The van der Waals surface area contributed by atoms with E-state index in [4.69, 9.17) is 0 Å². The predicted octanol–water partition coefficient (Wildman–Crippen LogP) is 3.00. The molecule has 6 nitrogen and oxygen atoms in total. The third kappa shape index (κ3) is 3.87. The highest BCUT2D eigenvalue weighted by Crippen LogP contribution is 2.19. The Morgan fingerprint density at radius 3 is 2.48 bits per heavy atom. The number of carboxylic acids is 1. The maximum absolute atomic E-state index is 14.5. The Morgan fingerprint density at radius 1 is 1.32 bits per heavy atom. The molecular weight excluding hydrogens is 325 g/mol. The third-order valence-corrected chi connectivity index (χ3v) is 4.06. The minimum Gasteiger partial charge on any atom is -0.480 e. The lowest BCUT2D eigenvalue weighted by Gasteiger charge is -2.25. The summed E-state index contributed by atoms with van der Waals surface area (Å²) in [7, 11) is 0. The van der Waals surface area contributed by atoms with Crippen LogP contribution in [0.4, 0.5) is 4.39 Å². The van der Waals surface area contributed by atoms with Gasteiger partial charge in [0.25, 0.3) is 5.91 Å². The number of aromatic nitrogens is 2. The van der Waals surface area contributed by atoms with E-state index in [1.54, 1.807) is 0 Å². The van der Waals surface area contributed by atoms with Crippen molar-refractivity contribution in [3.05, 3.63) is 47.0 Å². The van der Waals surface area contributed by atoms with E-state index in [0.29, 0.717) is 6.42 Å². The van der Waals surface area contributed by atoms with Crippen LogP contribution in [0.5, 0.6) is 0 Å². The highest BCUT2D eigenvalue weighted by atomic mass is 19.1. The van der Waals surface area contributed by atoms with Crippen molar-refractivity contribution in [1.82, 2.24) is 15.1 Å². The number of nitrogens with zero attached hydrogens (tertiary/aromatic N) is 2. The molecular formula is C18H22FN3O3. The number of aliphatic carboxylic acids is 1. The molecule has 0 spiro atoms. The lowest BCUT2D eigenvalue weighted by Crippen LogP contribution is -2.52. The van der Waals surface area contributed by atoms with E-state index in [1.807, 2.05) is 26.8 Å². The number of nitrogens with one attached hydrogen (secondary N) is 1. The fourth-order valence-corrected chi connectivity index (χ4v) is 2.74. The van der Waals surface area contributed by atoms with Crippen LogP contribution in [0, 0.1) is 19.7 Å². The molecule has 0 saturated heterocycles. The van der Waals surface area contributed by atoms with Gasteiger partial charge in [0.05, 0.1) is 5.69 Å². The number of hydrogen-bond donors (Lipinski definition) is 2. The highest BCUT2D eigenvalue weighted by Gasteiger charge is 2.34. The Kier molecular flexibility index (Phi) is 5.25. The molecule has 7 heteroatoms. The summed E-state index contributed by atoms with van der Waals surface area (Å²) < 4.78 is 15.9. The minimum absolute atomic E-state index is 0.0614. The Bertz CT molecular complexity index is 816. The van der Waals surface area contributed by atoms with Crippen LogP contribution in [-0.2, 0) is 4.79 Å². The van der Waals surface area contributed by atoms with Crippen LogP contribution < -0.4 is 5.32 Å². The second-order valence-corrected chi connectivity index (χ2v) is 6.35. The maximum atomic E-state index is 14.5. The summed E-state index contributed by atoms with van der Waals surface area (Å²) >= 11 is 0. The van der Waals surface area contributed by atoms with Crippen LogP contribution in [0.15, 0.2) is 24.3 Å². The van der Waals surface area contributed by atoms with Gasteiger partial charge >= 0.3 is 5.97 Å². The third-order valence-electron chi connectivity index (χ3n) is 4.06. The summed E-state index contributed by atoms with van der Waals surface area (Å²) in [5.74, 6) is -2.36. The first-order chi connectivity index (χ1) is 11.7. The van der Waals surface area contributed by atoms with Gasteiger partial charge < -0.3 is 10.4 Å². The zero-order valence-corrected chi connectivity index (χ0v) is 14.8. The van der Waals surface area contributed by atoms with E-state index in [2.05, 4.69) is 10.4 Å². The van der Waals surface area contributed by atoms with Gasteiger partial charge in [-0.3, -0.25) is 4.79 Å². The van der Waals surface area contributed by atoms with E-state index in [-0.39, 0.29) is 17.7 Å². The largest absolute Gasteiger partial charge is 0.480 e. The number of rotatable bonds is 6. The molecule has 0 radical (unpaired) electrons. The van der Waals surface area contributed by atoms with E-state index in [9.17, 15) is 19.1 Å². The van der Waals surface area contributed by atoms with Crippen molar-refractivity contribution in [3.8, 4) is 5.69 Å². The second-order valence-electron chi connectivity index (χ2n) is 6.35. The standard InChI is InChI=1S/C18H22FN3O3/c1-5-8-18(4,17(24)25)20-16(23)13-6-7-15(14(19)10-13)22-12(3)9-11(2)21-22/h6-7,9-10H,5,8H2,1-4H3,(H,20,23)(H,24,25). The molecule has 2 rings (SSSR count). The van der Waals surface area contributed by atoms with Gasteiger partial charge in [-0.2, -0.15) is 5.10 Å². The van der Waals surface area contributed by atoms with Crippen molar-refractivity contribution in [2.24, 2.45) is 0 Å². The van der Waals surface area contributed by atoms with Gasteiger partial charge in [0.2, 0.25) is 0 Å². The van der Waals surface area contributed by atoms with Crippen LogP contribution in [-0.4, -0.2) is 32.3 Å². The Labute approximate surface area is 145 Å². The number of carbonyl (C=O) groups excluding carboxylic acids is 1. The maximum Gasteiger partial charge on any atom is 0.329 e. The van der Waals surface area contributed by atoms with E-state index in [1.165, 1.54) is 23.7 Å². The number of halogens is 1. The van der Waals surface area contributed by atoms with Crippen LogP contribution in [0.3, 0.4) is 0 Å². The molecule has 0 aliphatic carbocycles. The molecule has 1 aromatic carbocycles. The van der Waals surface area contributed by atoms with E-state index in [0.717, 1.165) is 17.5 Å². The summed E-state index contributed by atoms with van der Waals surface area (Å²) in [5.41, 5.74) is 0.435. The Hall–Kier alpha value is -2.70. The first kappa shape index (κ1) is 18.6.